The van der Waals surface area contributed by atoms with Crippen LogP contribution >= 0.6 is 0 Å². The van der Waals surface area contributed by atoms with E-state index < -0.39 is 5.60 Å². The highest BCUT2D eigenvalue weighted by molar-refractivity contribution is 5.77. The first-order chi connectivity index (χ1) is 10.9. The molecule has 1 atom stereocenters. The molecule has 0 fully saturated rings. The van der Waals surface area contributed by atoms with Crippen LogP contribution in [0.4, 0.5) is 0 Å². The predicted molar refractivity (Wildman–Crippen MR) is 89.9 cm³/mol. The summed E-state index contributed by atoms with van der Waals surface area (Å²) in [5.74, 6) is 2.45. The molecule has 1 aromatic carbocycles. The van der Waals surface area contributed by atoms with Crippen molar-refractivity contribution in [2.24, 2.45) is 0 Å². The average molecular weight is 322 g/mol. The van der Waals surface area contributed by atoms with E-state index >= 15 is 0 Å². The quantitative estimate of drug-likeness (QED) is 0.792. The molecule has 0 aromatic heterocycles. The molecule has 0 saturated heterocycles. The minimum absolute atomic E-state index is 0.201. The normalized spacial score (nSPS) is 16.3. The van der Waals surface area contributed by atoms with Gasteiger partial charge in [0.2, 0.25) is 5.75 Å². The molecule has 0 N–H and O–H groups in total. The van der Waals surface area contributed by atoms with Crippen molar-refractivity contribution < 1.29 is 23.7 Å². The van der Waals surface area contributed by atoms with E-state index in [9.17, 15) is 0 Å². The molecular formula is C18H26O5. The highest BCUT2D eigenvalue weighted by Crippen LogP contribution is 2.54. The van der Waals surface area contributed by atoms with E-state index in [0.717, 1.165) is 11.1 Å². The first-order valence-corrected chi connectivity index (χ1v) is 7.75. The largest absolute Gasteiger partial charge is 0.495 e. The molecule has 128 valence electrons. The fourth-order valence-electron chi connectivity index (χ4n) is 2.84. The lowest BCUT2D eigenvalue weighted by Crippen LogP contribution is -2.28. The Hall–Kier alpha value is -1.88. The minimum atomic E-state index is -0.427. The Bertz CT molecular complexity index is 604. The zero-order valence-electron chi connectivity index (χ0n) is 15.0. The summed E-state index contributed by atoms with van der Waals surface area (Å²) < 4.78 is 28.8. The van der Waals surface area contributed by atoms with Crippen molar-refractivity contribution in [1.82, 2.24) is 0 Å². The van der Waals surface area contributed by atoms with Gasteiger partial charge in [0.05, 0.1) is 38.6 Å². The van der Waals surface area contributed by atoms with E-state index in [1.165, 1.54) is 0 Å². The summed E-state index contributed by atoms with van der Waals surface area (Å²) in [5.41, 5.74) is 1.23. The molecule has 0 spiro atoms. The Morgan fingerprint density at radius 1 is 1.04 bits per heavy atom. The first-order valence-electron chi connectivity index (χ1n) is 7.75. The third kappa shape index (κ3) is 3.11. The highest BCUT2D eigenvalue weighted by atomic mass is 16.5. The Morgan fingerprint density at radius 2 is 1.65 bits per heavy atom. The van der Waals surface area contributed by atoms with E-state index in [1.54, 1.807) is 21.3 Å². The van der Waals surface area contributed by atoms with Crippen molar-refractivity contribution in [2.75, 3.05) is 27.9 Å². The van der Waals surface area contributed by atoms with Gasteiger partial charge in [-0.15, -0.1) is 0 Å². The maximum Gasteiger partial charge on any atom is 0.204 e. The van der Waals surface area contributed by atoms with Crippen molar-refractivity contribution in [2.45, 2.75) is 39.4 Å². The lowest BCUT2D eigenvalue weighted by atomic mass is 9.96. The van der Waals surface area contributed by atoms with E-state index in [-0.39, 0.29) is 6.10 Å². The Kier molecular flexibility index (Phi) is 5.09. The molecule has 0 radical (unpaired) electrons. The van der Waals surface area contributed by atoms with Gasteiger partial charge >= 0.3 is 0 Å². The van der Waals surface area contributed by atoms with Gasteiger partial charge in [-0.2, -0.15) is 0 Å². The molecule has 1 aromatic rings. The summed E-state index contributed by atoms with van der Waals surface area (Å²) in [6.07, 6.45) is 3.80. The van der Waals surface area contributed by atoms with Crippen LogP contribution in [0.1, 0.15) is 44.9 Å². The molecule has 0 bridgehead atoms. The van der Waals surface area contributed by atoms with Gasteiger partial charge in [-0.05, 0) is 39.8 Å². The zero-order valence-corrected chi connectivity index (χ0v) is 15.0. The van der Waals surface area contributed by atoms with Crippen LogP contribution in [0.3, 0.4) is 0 Å². The molecule has 5 heteroatoms. The molecule has 1 aliphatic rings. The Balaban J connectivity index is 2.78. The van der Waals surface area contributed by atoms with Crippen LogP contribution in [0.5, 0.6) is 23.0 Å². The number of hydrogen-bond donors (Lipinski definition) is 0. The van der Waals surface area contributed by atoms with E-state index in [1.807, 2.05) is 39.8 Å². The smallest absolute Gasteiger partial charge is 0.204 e. The van der Waals surface area contributed by atoms with Crippen LogP contribution < -0.4 is 18.9 Å². The van der Waals surface area contributed by atoms with Crippen LogP contribution in [-0.4, -0.2) is 33.5 Å². The minimum Gasteiger partial charge on any atom is -0.495 e. The van der Waals surface area contributed by atoms with Crippen molar-refractivity contribution in [1.29, 1.82) is 0 Å². The van der Waals surface area contributed by atoms with E-state index in [4.69, 9.17) is 23.7 Å². The molecule has 0 saturated carbocycles. The van der Waals surface area contributed by atoms with Gasteiger partial charge in [-0.25, -0.2) is 0 Å². The van der Waals surface area contributed by atoms with Crippen LogP contribution in [-0.2, 0) is 4.74 Å². The van der Waals surface area contributed by atoms with E-state index in [2.05, 4.69) is 0 Å². The van der Waals surface area contributed by atoms with Gasteiger partial charge in [-0.3, -0.25) is 0 Å². The highest BCUT2D eigenvalue weighted by Gasteiger charge is 2.34. The molecule has 1 unspecified atom stereocenters. The summed E-state index contributed by atoms with van der Waals surface area (Å²) >= 11 is 0. The zero-order chi connectivity index (χ0) is 17.2. The average Bonchev–Trinajstić information content (AvgIpc) is 2.51. The summed E-state index contributed by atoms with van der Waals surface area (Å²) in [6.45, 7) is 8.49. The monoisotopic (exact) mass is 322 g/mol. The Labute approximate surface area is 138 Å². The maximum absolute atomic E-state index is 6.11. The molecule has 0 amide bonds. The van der Waals surface area contributed by atoms with E-state index in [0.29, 0.717) is 29.6 Å². The second kappa shape index (κ2) is 6.71. The maximum atomic E-state index is 6.11. The summed E-state index contributed by atoms with van der Waals surface area (Å²) in [6, 6.07) is 0. The molecule has 1 aliphatic heterocycles. The molecule has 1 heterocycles. The number of benzene rings is 1. The number of rotatable bonds is 6. The van der Waals surface area contributed by atoms with Crippen molar-refractivity contribution in [3.8, 4) is 23.0 Å². The van der Waals surface area contributed by atoms with Crippen molar-refractivity contribution in [3.05, 3.63) is 17.2 Å². The van der Waals surface area contributed by atoms with Crippen LogP contribution in [0.15, 0.2) is 6.08 Å². The van der Waals surface area contributed by atoms with Crippen LogP contribution in [0, 0.1) is 0 Å². The number of hydrogen-bond acceptors (Lipinski definition) is 5. The molecule has 0 aliphatic carbocycles. The van der Waals surface area contributed by atoms with Gasteiger partial charge in [0.25, 0.3) is 0 Å². The van der Waals surface area contributed by atoms with Gasteiger partial charge < -0.3 is 23.7 Å². The van der Waals surface area contributed by atoms with Crippen molar-refractivity contribution in [3.63, 3.8) is 0 Å². The molecule has 5 nitrogen and oxygen atoms in total. The lowest BCUT2D eigenvalue weighted by molar-refractivity contribution is 0.0716. The fraction of sp³-hybridized carbons (Fsp3) is 0.556. The fourth-order valence-corrected chi connectivity index (χ4v) is 2.84. The first kappa shape index (κ1) is 17.5. The third-order valence-corrected chi connectivity index (χ3v) is 3.84. The van der Waals surface area contributed by atoms with Gasteiger partial charge in [-0.1, -0.05) is 0 Å². The topological polar surface area (TPSA) is 46.2 Å². The van der Waals surface area contributed by atoms with Crippen molar-refractivity contribution >= 4 is 6.08 Å². The second-order valence-electron chi connectivity index (χ2n) is 5.89. The Morgan fingerprint density at radius 3 is 2.17 bits per heavy atom. The molecular weight excluding hydrogens is 296 g/mol. The summed E-state index contributed by atoms with van der Waals surface area (Å²) in [5, 5.41) is 0. The van der Waals surface area contributed by atoms with Crippen LogP contribution in [0.2, 0.25) is 0 Å². The van der Waals surface area contributed by atoms with Crippen LogP contribution in [0.25, 0.3) is 6.08 Å². The predicted octanol–water partition coefficient (Wildman–Crippen LogP) is 3.99. The molecule has 23 heavy (non-hydrogen) atoms. The lowest BCUT2D eigenvalue weighted by Gasteiger charge is -2.32. The van der Waals surface area contributed by atoms with Gasteiger partial charge in [0.1, 0.15) is 11.4 Å². The van der Waals surface area contributed by atoms with Gasteiger partial charge in [0.15, 0.2) is 11.5 Å². The molecule has 2 rings (SSSR count). The number of ether oxygens (including phenoxy) is 5. The SMILES string of the molecule is CCOC(C)c1c(OC)c2c(c(OC)c1OC)OC(C)(C)C=C2. The van der Waals surface area contributed by atoms with Gasteiger partial charge in [0, 0.05) is 6.61 Å². The summed E-state index contributed by atoms with van der Waals surface area (Å²) in [4.78, 5) is 0. The second-order valence-corrected chi connectivity index (χ2v) is 5.89. The number of fused-ring (bicyclic) bond motifs is 1. The third-order valence-electron chi connectivity index (χ3n) is 3.84. The summed E-state index contributed by atoms with van der Waals surface area (Å²) in [7, 11) is 4.85. The standard InChI is InChI=1S/C18H26O5/c1-8-22-11(2)13-14(19-5)12-9-10-18(3,4)23-15(12)17(21-7)16(13)20-6/h9-11H,8H2,1-7H3. The number of methoxy groups -OCH3 is 3.